The highest BCUT2D eigenvalue weighted by atomic mass is 35.5. The molecule has 0 aromatic carbocycles. The number of aryl methyl sites for hydroxylation is 9. The molecule has 38 heteroatoms. The molecule has 0 unspecified atom stereocenters. The summed E-state index contributed by atoms with van der Waals surface area (Å²) in [5.74, 6) is -1.61. The van der Waals surface area contributed by atoms with Crippen molar-refractivity contribution in [3.63, 3.8) is 0 Å². The Labute approximate surface area is 840 Å². The van der Waals surface area contributed by atoms with E-state index >= 15 is 0 Å². The van der Waals surface area contributed by atoms with Crippen LogP contribution in [0.1, 0.15) is 318 Å². The van der Waals surface area contributed by atoms with Gasteiger partial charge in [0.05, 0.1) is 16.7 Å². The Balaban J connectivity index is 0.000000507. The van der Waals surface area contributed by atoms with E-state index in [-0.39, 0.29) is 136 Å². The first kappa shape index (κ1) is 122. The molecule has 1 aliphatic rings. The highest BCUT2D eigenvalue weighted by Crippen LogP contribution is 2.34. The van der Waals surface area contributed by atoms with Crippen LogP contribution in [0.2, 0.25) is 21.7 Å². The fourth-order valence-electron chi connectivity index (χ4n) is 12.1. The zero-order valence-electron chi connectivity index (χ0n) is 77.8. The summed E-state index contributed by atoms with van der Waals surface area (Å²) >= 11 is 41.4. The number of nitrogens with one attached hydrogen (secondary N) is 3. The Bertz CT molecular complexity index is 5130. The predicted molar refractivity (Wildman–Crippen MR) is 548 cm³/mol. The molecule has 4 amide bonds. The summed E-state index contributed by atoms with van der Waals surface area (Å²) in [4.78, 5) is 169. The second-order valence-electron chi connectivity index (χ2n) is 30.7. The van der Waals surface area contributed by atoms with E-state index in [1.165, 1.54) is 115 Å². The number of primary amides is 3. The highest BCUT2D eigenvalue weighted by molar-refractivity contribution is 7.18. The summed E-state index contributed by atoms with van der Waals surface area (Å²) < 4.78 is 42.3. The van der Waals surface area contributed by atoms with E-state index in [4.69, 9.17) is 75.2 Å². The van der Waals surface area contributed by atoms with Gasteiger partial charge in [-0.05, 0) is 215 Å². The summed E-state index contributed by atoms with van der Waals surface area (Å²) in [7, 11) is 5.22. The van der Waals surface area contributed by atoms with Crippen LogP contribution in [-0.2, 0) is 24.0 Å². The van der Waals surface area contributed by atoms with E-state index in [9.17, 15) is 80.3 Å². The van der Waals surface area contributed by atoms with Gasteiger partial charge in [-0.15, -0.1) is 102 Å². The van der Waals surface area contributed by atoms with Gasteiger partial charge in [0.1, 0.15) is 27.5 Å². The Morgan fingerprint density at radius 1 is 0.331 bits per heavy atom. The highest BCUT2D eigenvalue weighted by Gasteiger charge is 2.23. The number of hydrogen-bond donors (Lipinski definition) is 6. The van der Waals surface area contributed by atoms with Crippen LogP contribution in [0.15, 0.2) is 60.0 Å². The lowest BCUT2D eigenvalue weighted by atomic mass is 10.1. The lowest BCUT2D eigenvalue weighted by Crippen LogP contribution is -2.21. The number of Topliss-reactive ketones (excluding diaryl/α,β-unsaturated/α-hetero) is 10. The van der Waals surface area contributed by atoms with Crippen molar-refractivity contribution in [2.75, 3.05) is 53.9 Å². The molecule has 1 fully saturated rings. The topological polar surface area (TPSA) is 356 Å². The zero-order valence-corrected chi connectivity index (χ0v) is 88.9. The minimum absolute atomic E-state index is 0.0226. The molecule has 133 heavy (non-hydrogen) atoms. The van der Waals surface area contributed by atoms with Crippen molar-refractivity contribution in [3.05, 3.63) is 191 Å². The van der Waals surface area contributed by atoms with E-state index in [1.807, 2.05) is 92.2 Å². The number of nitrogens with two attached hydrogens (primary N) is 3. The Kier molecular flexibility index (Phi) is 61.8. The number of likely N-dealkylation sites (tertiary alicyclic amines) is 1. The SMILES string of the molecule is CCC(=O)CCCC(=O)c1csc(C)c1.CCCCCCC(=O)c1cc(C)sc1Cl.CNC(=O)CCC(=O)c1cc(C)sc1F.CNCCCC(=O)c1cc(C)sc1Cl.CNCCCC(=O)c1cc(C)sc1F.Cc1cc(C(=O)CCC(N)=O)c(Cl)s1.Cc1cc(C(=O)CCC(N)=O)c(F)s1.Cc1cc(C(=O)CCCC(N)=O)c(Cl)s1.Cc1cc(C(=O)CCCN2CCCC2)c(Cl)s1. The fourth-order valence-corrected chi connectivity index (χ4v) is 21.4. The quantitative estimate of drug-likeness (QED) is 0.0153. The Hall–Kier alpha value is -7.00. The lowest BCUT2D eigenvalue weighted by Gasteiger charge is -2.13. The van der Waals surface area contributed by atoms with E-state index in [0.717, 1.165) is 146 Å². The smallest absolute Gasteiger partial charge is 0.220 e. The molecule has 9 N–H and O–H groups in total. The maximum Gasteiger partial charge on any atom is 0.220 e. The van der Waals surface area contributed by atoms with Crippen molar-refractivity contribution in [3.8, 4) is 0 Å². The number of carbonyl (C=O) groups is 14. The minimum atomic E-state index is -0.550. The van der Waals surface area contributed by atoms with Gasteiger partial charge in [-0.3, -0.25) is 67.1 Å². The van der Waals surface area contributed by atoms with Crippen LogP contribution >= 0.6 is 160 Å². The summed E-state index contributed by atoms with van der Waals surface area (Å²) in [6.45, 7) is 26.1. The summed E-state index contributed by atoms with van der Waals surface area (Å²) in [6, 6.07) is 15.7. The number of ketones is 10. The molecule has 732 valence electrons. The molecule has 10 rings (SSSR count). The van der Waals surface area contributed by atoms with Crippen LogP contribution in [0.5, 0.6) is 0 Å². The summed E-state index contributed by atoms with van der Waals surface area (Å²) in [5.41, 5.74) is 19.2. The summed E-state index contributed by atoms with van der Waals surface area (Å²) in [6.07, 6.45) is 15.6. The largest absolute Gasteiger partial charge is 0.370 e. The molecule has 21 nitrogen and oxygen atoms in total. The van der Waals surface area contributed by atoms with Gasteiger partial charge in [0.2, 0.25) is 23.6 Å². The molecule has 1 saturated heterocycles. The van der Waals surface area contributed by atoms with Crippen molar-refractivity contribution >= 4 is 241 Å². The zero-order chi connectivity index (χ0) is 100. The number of carbonyl (C=O) groups excluding carboxylic acids is 14. The third kappa shape index (κ3) is 50.2. The molecule has 1 aliphatic heterocycles. The van der Waals surface area contributed by atoms with E-state index in [1.54, 1.807) is 50.3 Å². The van der Waals surface area contributed by atoms with Crippen molar-refractivity contribution < 1.29 is 80.3 Å². The van der Waals surface area contributed by atoms with Crippen LogP contribution in [0.4, 0.5) is 13.2 Å². The number of unbranched alkanes of at least 4 members (excludes halogenated alkanes) is 3. The molecular formula is C95H123Cl5F3N7O14S9. The first-order valence-corrected chi connectivity index (χ1v) is 52.6. The molecule has 0 radical (unpaired) electrons. The summed E-state index contributed by atoms with van der Waals surface area (Å²) in [5, 5.41) is 8.96. The first-order valence-electron chi connectivity index (χ1n) is 43.3. The predicted octanol–water partition coefficient (Wildman–Crippen LogP) is 25.5. The second kappa shape index (κ2) is 67.3. The standard InChI is InChI=1S/C13H18ClNOS.C12H17ClOS.C12H16O2S.C10H12ClNO2S.C10H14ClNOS.C10H12FNO2S.C10H14FNOS.C9H10ClNO2S.C9H10FNO2S/c1-10-9-11(13(14)17-10)12(16)5-4-8-15-6-2-3-7-15;1-3-4-5-6-7-11(14)10-8-9(2)15-12(10)13;1-3-11(13)5-4-6-12(14)10-7-9(2)15-8-10;1-6-5-7(10(11)15-6)8(13)3-2-4-9(12)14;1-7-6-8(10(11)14-7)9(13)4-3-5-12-2;1-6-5-7(10(11)15-6)8(13)3-4-9(14)12-2;1-7-6-8(10(11)14-7)9(13)4-3-5-12-2;2*1-5-4-6(9(10)14-5)7(12)2-3-8(11)13/h9H,2-8H2,1H3;8H,3-7H2,1-2H3;7-8H,3-6H2,1-2H3;5H,2-4H2,1H3,(H2,12,14);6,12H,3-5H2,1-2H3;5H,3-4H2,1-2H3,(H,12,14);6,12H,3-5H2,1-2H3;2*4H,2-3H2,1H3,(H2,11,13). The van der Waals surface area contributed by atoms with Gasteiger partial charge in [-0.25, -0.2) is 0 Å². The third-order valence-electron chi connectivity index (χ3n) is 19.1. The van der Waals surface area contributed by atoms with Gasteiger partial charge in [-0.1, -0.05) is 91.1 Å². The average molecular weight is 2110 g/mol. The monoisotopic (exact) mass is 2110 g/mol. The normalized spacial score (nSPS) is 11.1. The van der Waals surface area contributed by atoms with Crippen LogP contribution in [0.25, 0.3) is 0 Å². The maximum atomic E-state index is 13.2. The molecular weight excluding hydrogens is 1990 g/mol. The Morgan fingerprint density at radius 3 is 0.917 bits per heavy atom. The molecule has 10 heterocycles. The lowest BCUT2D eigenvalue weighted by molar-refractivity contribution is -0.121. The first-order chi connectivity index (χ1) is 62.8. The average Bonchev–Trinajstić information content (AvgIpc) is 1.77. The number of hydrogen-bond acceptors (Lipinski definition) is 26. The number of thiophene rings is 9. The number of nitrogens with zero attached hydrogens (tertiary/aromatic N) is 1. The molecule has 0 atom stereocenters. The number of halogens is 8. The van der Waals surface area contributed by atoms with Crippen molar-refractivity contribution in [2.45, 2.75) is 243 Å². The molecule has 9 aromatic rings. The van der Waals surface area contributed by atoms with Gasteiger partial charge < -0.3 is 38.1 Å². The molecule has 9 aromatic heterocycles. The van der Waals surface area contributed by atoms with E-state index < -0.39 is 22.1 Å². The van der Waals surface area contributed by atoms with Crippen LogP contribution in [-0.4, -0.2) is 140 Å². The molecule has 0 spiro atoms. The number of rotatable bonds is 44. The third-order valence-corrected chi connectivity index (χ3v) is 28.8. The maximum absolute atomic E-state index is 13.2. The minimum Gasteiger partial charge on any atom is -0.370 e. The van der Waals surface area contributed by atoms with E-state index in [0.29, 0.717) is 103 Å². The van der Waals surface area contributed by atoms with Crippen LogP contribution in [0, 0.1) is 77.7 Å². The van der Waals surface area contributed by atoms with Crippen LogP contribution in [0.3, 0.4) is 0 Å². The van der Waals surface area contributed by atoms with Gasteiger partial charge in [-0.2, -0.15) is 13.2 Å². The van der Waals surface area contributed by atoms with E-state index in [2.05, 4.69) is 27.8 Å². The molecule has 0 saturated carbocycles. The van der Waals surface area contributed by atoms with Crippen molar-refractivity contribution in [1.82, 2.24) is 20.9 Å². The fraction of sp³-hybridized carbons (Fsp3) is 0.474. The molecule has 0 aliphatic carbocycles. The second-order valence-corrected chi connectivity index (χ2v) is 44.7. The van der Waals surface area contributed by atoms with Gasteiger partial charge in [0.15, 0.2) is 67.4 Å². The van der Waals surface area contributed by atoms with Gasteiger partial charge in [0.25, 0.3) is 0 Å². The van der Waals surface area contributed by atoms with Crippen LogP contribution < -0.4 is 33.2 Å². The van der Waals surface area contributed by atoms with Crippen molar-refractivity contribution in [1.29, 1.82) is 0 Å². The molecule has 0 bridgehead atoms. The van der Waals surface area contributed by atoms with Gasteiger partial charge in [0, 0.05) is 186 Å². The van der Waals surface area contributed by atoms with Crippen molar-refractivity contribution in [2.24, 2.45) is 17.2 Å². The Morgan fingerprint density at radius 2 is 0.624 bits per heavy atom. The number of amides is 4. The van der Waals surface area contributed by atoms with Gasteiger partial charge >= 0.3 is 0 Å².